The highest BCUT2D eigenvalue weighted by Crippen LogP contribution is 2.43. The lowest BCUT2D eigenvalue weighted by Crippen LogP contribution is -2.52. The first-order valence-electron chi connectivity index (χ1n) is 8.76. The van der Waals surface area contributed by atoms with Gasteiger partial charge in [-0.2, -0.15) is 0 Å². The van der Waals surface area contributed by atoms with Crippen molar-refractivity contribution < 1.29 is 4.74 Å². The summed E-state index contributed by atoms with van der Waals surface area (Å²) < 4.78 is 5.82. The first kappa shape index (κ1) is 17.9. The molecule has 4 N–H and O–H groups in total. The second-order valence-corrected chi connectivity index (χ2v) is 9.08. The van der Waals surface area contributed by atoms with Crippen LogP contribution in [0.3, 0.4) is 0 Å². The Morgan fingerprint density at radius 2 is 1.56 bits per heavy atom. The third-order valence-corrected chi connectivity index (χ3v) is 5.08. The van der Waals surface area contributed by atoms with Crippen molar-refractivity contribution in [3.63, 3.8) is 0 Å². The van der Waals surface area contributed by atoms with Gasteiger partial charge in [-0.15, -0.1) is 0 Å². The van der Waals surface area contributed by atoms with Crippen LogP contribution in [0.15, 0.2) is 36.7 Å². The van der Waals surface area contributed by atoms with Gasteiger partial charge in [-0.25, -0.2) is 0 Å². The fourth-order valence-corrected chi connectivity index (χ4v) is 3.25. The van der Waals surface area contributed by atoms with Crippen LogP contribution in [0.25, 0.3) is 0 Å². The van der Waals surface area contributed by atoms with Crippen LogP contribution in [0.5, 0.6) is 5.75 Å². The molecule has 1 aromatic carbocycles. The van der Waals surface area contributed by atoms with Crippen molar-refractivity contribution in [2.45, 2.75) is 64.1 Å². The number of pyridine rings is 1. The van der Waals surface area contributed by atoms with Crippen LogP contribution >= 0.6 is 0 Å². The smallest absolute Gasteiger partial charge is 0.174 e. The molecule has 0 fully saturated rings. The first-order chi connectivity index (χ1) is 11.4. The summed E-state index contributed by atoms with van der Waals surface area (Å²) in [5.41, 5.74) is 16.7. The Kier molecular flexibility index (Phi) is 3.97. The molecule has 3 rings (SSSR count). The molecule has 134 valence electrons. The average molecular weight is 339 g/mol. The summed E-state index contributed by atoms with van der Waals surface area (Å²) in [6, 6.07) is 8.53. The van der Waals surface area contributed by atoms with Crippen molar-refractivity contribution in [3.8, 4) is 5.75 Å². The van der Waals surface area contributed by atoms with Crippen molar-refractivity contribution in [1.29, 1.82) is 0 Å². The Morgan fingerprint density at radius 3 is 2.08 bits per heavy atom. The maximum atomic E-state index is 6.88. The van der Waals surface area contributed by atoms with E-state index < -0.39 is 11.8 Å². The number of aromatic nitrogens is 1. The normalized spacial score (nSPS) is 23.3. The summed E-state index contributed by atoms with van der Waals surface area (Å²) in [6.45, 7) is 13.3. The van der Waals surface area contributed by atoms with Gasteiger partial charge in [0.1, 0.15) is 11.3 Å². The van der Waals surface area contributed by atoms with Crippen LogP contribution < -0.4 is 16.2 Å². The second kappa shape index (κ2) is 5.55. The number of ether oxygens (including phenoxy) is 1. The van der Waals surface area contributed by atoms with Crippen molar-refractivity contribution in [3.05, 3.63) is 58.9 Å². The predicted molar refractivity (Wildman–Crippen MR) is 102 cm³/mol. The topological polar surface area (TPSA) is 74.2 Å². The van der Waals surface area contributed by atoms with E-state index in [1.165, 1.54) is 11.1 Å². The molecular formula is C21H29N3O. The molecule has 0 saturated carbocycles. The summed E-state index contributed by atoms with van der Waals surface area (Å²) in [7, 11) is 0. The Hall–Kier alpha value is -1.91. The zero-order chi connectivity index (χ0) is 18.6. The molecule has 0 aliphatic carbocycles. The van der Waals surface area contributed by atoms with E-state index in [-0.39, 0.29) is 10.8 Å². The molecule has 1 aliphatic heterocycles. The van der Waals surface area contributed by atoms with E-state index in [4.69, 9.17) is 16.2 Å². The highest BCUT2D eigenvalue weighted by molar-refractivity contribution is 5.52. The number of nitrogens with two attached hydrogens (primary N) is 2. The lowest BCUT2D eigenvalue weighted by atomic mass is 9.75. The maximum absolute atomic E-state index is 6.88. The standard InChI is InChI=1S/C21H29N3O/c1-19(2,3)13-9-14(20(4,5)6)11-15(10-13)21(23)16-7-8-24-12-17(16)25-18(21)22/h7-12,18H,22-23H2,1-6H3. The van der Waals surface area contributed by atoms with Gasteiger partial charge in [-0.05, 0) is 33.6 Å². The van der Waals surface area contributed by atoms with E-state index in [1.807, 2.05) is 6.07 Å². The van der Waals surface area contributed by atoms with Gasteiger partial charge in [0.25, 0.3) is 0 Å². The van der Waals surface area contributed by atoms with Crippen molar-refractivity contribution in [1.82, 2.24) is 4.98 Å². The van der Waals surface area contributed by atoms with Gasteiger partial charge < -0.3 is 10.5 Å². The Balaban J connectivity index is 2.26. The van der Waals surface area contributed by atoms with Crippen molar-refractivity contribution >= 4 is 0 Å². The maximum Gasteiger partial charge on any atom is 0.174 e. The Morgan fingerprint density at radius 1 is 1.00 bits per heavy atom. The number of benzene rings is 1. The van der Waals surface area contributed by atoms with E-state index in [0.29, 0.717) is 5.75 Å². The van der Waals surface area contributed by atoms with Crippen LogP contribution in [0.1, 0.15) is 63.8 Å². The Labute approximate surface area is 150 Å². The van der Waals surface area contributed by atoms with E-state index >= 15 is 0 Å². The molecule has 25 heavy (non-hydrogen) atoms. The SMILES string of the molecule is CC(C)(C)c1cc(C(C)(C)C)cc(C2(N)c3ccncc3OC2N)c1. The molecule has 1 aliphatic rings. The molecule has 0 saturated heterocycles. The summed E-state index contributed by atoms with van der Waals surface area (Å²) >= 11 is 0. The van der Waals surface area contributed by atoms with Gasteiger partial charge in [0, 0.05) is 11.8 Å². The van der Waals surface area contributed by atoms with Gasteiger partial charge in [-0.3, -0.25) is 10.7 Å². The van der Waals surface area contributed by atoms with Gasteiger partial charge >= 0.3 is 0 Å². The number of nitrogens with zero attached hydrogens (tertiary/aromatic N) is 1. The summed E-state index contributed by atoms with van der Waals surface area (Å²) in [5.74, 6) is 0.663. The number of hydrogen-bond donors (Lipinski definition) is 2. The van der Waals surface area contributed by atoms with E-state index in [2.05, 4.69) is 64.7 Å². The van der Waals surface area contributed by atoms with Gasteiger partial charge in [0.15, 0.2) is 6.23 Å². The highest BCUT2D eigenvalue weighted by atomic mass is 16.5. The first-order valence-corrected chi connectivity index (χ1v) is 8.76. The molecule has 2 atom stereocenters. The third-order valence-electron chi connectivity index (χ3n) is 5.08. The van der Waals surface area contributed by atoms with Gasteiger partial charge in [0.2, 0.25) is 0 Å². The fraction of sp³-hybridized carbons (Fsp3) is 0.476. The zero-order valence-electron chi connectivity index (χ0n) is 16.1. The molecule has 2 heterocycles. The van der Waals surface area contributed by atoms with Crippen LogP contribution in [-0.2, 0) is 16.4 Å². The fourth-order valence-electron chi connectivity index (χ4n) is 3.25. The lowest BCUT2D eigenvalue weighted by molar-refractivity contribution is 0.177. The molecule has 0 amide bonds. The number of rotatable bonds is 1. The van der Waals surface area contributed by atoms with E-state index in [1.54, 1.807) is 12.4 Å². The van der Waals surface area contributed by atoms with Gasteiger partial charge in [-0.1, -0.05) is 59.7 Å². The minimum absolute atomic E-state index is 0.0109. The minimum atomic E-state index is -0.889. The molecule has 2 aromatic rings. The molecular weight excluding hydrogens is 310 g/mol. The molecule has 1 aromatic heterocycles. The molecule has 0 radical (unpaired) electrons. The van der Waals surface area contributed by atoms with Crippen LogP contribution in [0.4, 0.5) is 0 Å². The van der Waals surface area contributed by atoms with Crippen molar-refractivity contribution in [2.24, 2.45) is 11.5 Å². The molecule has 0 bridgehead atoms. The van der Waals surface area contributed by atoms with Crippen molar-refractivity contribution in [2.75, 3.05) is 0 Å². The van der Waals surface area contributed by atoms with Gasteiger partial charge in [0.05, 0.1) is 6.20 Å². The van der Waals surface area contributed by atoms with Crippen LogP contribution in [-0.4, -0.2) is 11.2 Å². The lowest BCUT2D eigenvalue weighted by Gasteiger charge is -2.33. The largest absolute Gasteiger partial charge is 0.471 e. The van der Waals surface area contributed by atoms with Crippen LogP contribution in [0, 0.1) is 0 Å². The minimum Gasteiger partial charge on any atom is -0.471 e. The quantitative estimate of drug-likeness (QED) is 0.833. The summed E-state index contributed by atoms with van der Waals surface area (Å²) in [6.07, 6.45) is 2.78. The number of fused-ring (bicyclic) bond motifs is 1. The molecule has 2 unspecified atom stereocenters. The molecule has 4 heteroatoms. The zero-order valence-corrected chi connectivity index (χ0v) is 16.1. The average Bonchev–Trinajstić information content (AvgIpc) is 2.78. The summed E-state index contributed by atoms with van der Waals surface area (Å²) in [5, 5.41) is 0. The highest BCUT2D eigenvalue weighted by Gasteiger charge is 2.46. The third kappa shape index (κ3) is 2.94. The predicted octanol–water partition coefficient (Wildman–Crippen LogP) is 3.56. The summed E-state index contributed by atoms with van der Waals surface area (Å²) in [4.78, 5) is 4.13. The number of hydrogen-bond acceptors (Lipinski definition) is 4. The monoisotopic (exact) mass is 339 g/mol. The van der Waals surface area contributed by atoms with E-state index in [9.17, 15) is 0 Å². The second-order valence-electron chi connectivity index (χ2n) is 9.08. The van der Waals surface area contributed by atoms with Crippen LogP contribution in [0.2, 0.25) is 0 Å². The molecule has 4 nitrogen and oxygen atoms in total. The molecule has 0 spiro atoms. The Bertz CT molecular complexity index is 769. The van der Waals surface area contributed by atoms with E-state index in [0.717, 1.165) is 11.1 Å².